The van der Waals surface area contributed by atoms with Gasteiger partial charge in [-0.1, -0.05) is 13.8 Å². The van der Waals surface area contributed by atoms with E-state index in [1.807, 2.05) is 0 Å². The first kappa shape index (κ1) is 8.92. The molecule has 0 heterocycles. The Bertz CT molecular complexity index is 110. The highest BCUT2D eigenvalue weighted by Gasteiger charge is 2.24. The smallest absolute Gasteiger partial charge is 0.155 e. The third kappa shape index (κ3) is 2.33. The molecule has 0 fully saturated rings. The lowest BCUT2D eigenvalue weighted by atomic mass is 9.90. The van der Waals surface area contributed by atoms with E-state index in [4.69, 9.17) is 16.7 Å². The molecule has 0 spiro atoms. The van der Waals surface area contributed by atoms with Crippen molar-refractivity contribution in [2.75, 3.05) is 12.5 Å². The lowest BCUT2D eigenvalue weighted by Crippen LogP contribution is -2.29. The van der Waals surface area contributed by atoms with E-state index < -0.39 is 5.41 Å². The van der Waals surface area contributed by atoms with E-state index in [-0.39, 0.29) is 18.3 Å². The summed E-state index contributed by atoms with van der Waals surface area (Å²) in [7, 11) is 0. The van der Waals surface area contributed by atoms with Crippen molar-refractivity contribution in [3.8, 4) is 0 Å². The van der Waals surface area contributed by atoms with Crippen LogP contribution in [-0.2, 0) is 4.79 Å². The van der Waals surface area contributed by atoms with E-state index >= 15 is 0 Å². The minimum atomic E-state index is -0.665. The van der Waals surface area contributed by atoms with E-state index in [9.17, 15) is 4.79 Å². The SMILES string of the molecule is CC(C)(CO)C(=O)CCl. The average molecular weight is 151 g/mol. The fraction of sp³-hybridized carbons (Fsp3) is 0.833. The van der Waals surface area contributed by atoms with Crippen molar-refractivity contribution in [2.24, 2.45) is 5.41 Å². The topological polar surface area (TPSA) is 37.3 Å². The molecule has 0 saturated heterocycles. The van der Waals surface area contributed by atoms with Gasteiger partial charge in [-0.15, -0.1) is 11.6 Å². The van der Waals surface area contributed by atoms with Gasteiger partial charge in [-0.2, -0.15) is 0 Å². The Morgan fingerprint density at radius 2 is 2.11 bits per heavy atom. The van der Waals surface area contributed by atoms with Gasteiger partial charge in [-0.05, 0) is 0 Å². The molecule has 0 unspecified atom stereocenters. The van der Waals surface area contributed by atoms with Gasteiger partial charge < -0.3 is 5.11 Å². The molecular weight excluding hydrogens is 140 g/mol. The highest BCUT2D eigenvalue weighted by Crippen LogP contribution is 2.15. The average Bonchev–Trinajstić information content (AvgIpc) is 1.86. The Morgan fingerprint density at radius 3 is 2.22 bits per heavy atom. The van der Waals surface area contributed by atoms with Crippen LogP contribution >= 0.6 is 11.6 Å². The highest BCUT2D eigenvalue weighted by atomic mass is 35.5. The Hall–Kier alpha value is -0.0800. The summed E-state index contributed by atoms with van der Waals surface area (Å²) in [5.41, 5.74) is -0.665. The lowest BCUT2D eigenvalue weighted by Gasteiger charge is -2.17. The fourth-order valence-electron chi connectivity index (χ4n) is 0.269. The second-order valence-electron chi connectivity index (χ2n) is 2.60. The van der Waals surface area contributed by atoms with Gasteiger partial charge >= 0.3 is 0 Å². The number of ketones is 1. The van der Waals surface area contributed by atoms with Crippen LogP contribution in [0.3, 0.4) is 0 Å². The molecule has 3 heteroatoms. The van der Waals surface area contributed by atoms with E-state index in [2.05, 4.69) is 0 Å². The van der Waals surface area contributed by atoms with Gasteiger partial charge in [0.25, 0.3) is 0 Å². The first-order chi connectivity index (χ1) is 4.04. The Kier molecular flexibility index (Phi) is 3.15. The zero-order valence-corrected chi connectivity index (χ0v) is 6.40. The van der Waals surface area contributed by atoms with E-state index in [1.165, 1.54) is 0 Å². The maximum atomic E-state index is 10.8. The van der Waals surface area contributed by atoms with Crippen LogP contribution in [0.4, 0.5) is 0 Å². The van der Waals surface area contributed by atoms with Crippen LogP contribution in [0.1, 0.15) is 13.8 Å². The summed E-state index contributed by atoms with van der Waals surface area (Å²) in [6.07, 6.45) is 0. The molecule has 9 heavy (non-hydrogen) atoms. The van der Waals surface area contributed by atoms with Crippen LogP contribution in [0.25, 0.3) is 0 Å². The summed E-state index contributed by atoms with van der Waals surface area (Å²) in [5, 5.41) is 8.62. The van der Waals surface area contributed by atoms with Crippen LogP contribution in [0.2, 0.25) is 0 Å². The first-order valence-corrected chi connectivity index (χ1v) is 3.28. The zero-order valence-electron chi connectivity index (χ0n) is 5.65. The van der Waals surface area contributed by atoms with Gasteiger partial charge in [0, 0.05) is 5.41 Å². The number of carbonyl (C=O) groups excluding carboxylic acids is 1. The van der Waals surface area contributed by atoms with E-state index in [0.29, 0.717) is 0 Å². The molecule has 0 amide bonds. The van der Waals surface area contributed by atoms with Crippen molar-refractivity contribution < 1.29 is 9.90 Å². The maximum absolute atomic E-state index is 10.8. The summed E-state index contributed by atoms with van der Waals surface area (Å²) in [6.45, 7) is 3.19. The molecule has 54 valence electrons. The molecule has 1 N–H and O–H groups in total. The molecule has 0 aliphatic carbocycles. The Labute approximate surface area is 59.8 Å². The van der Waals surface area contributed by atoms with Crippen molar-refractivity contribution in [1.29, 1.82) is 0 Å². The van der Waals surface area contributed by atoms with Crippen LogP contribution in [0, 0.1) is 5.41 Å². The number of hydrogen-bond donors (Lipinski definition) is 1. The second-order valence-corrected chi connectivity index (χ2v) is 2.87. The van der Waals surface area contributed by atoms with Gasteiger partial charge in [-0.25, -0.2) is 0 Å². The minimum absolute atomic E-state index is 0.0203. The summed E-state index contributed by atoms with van der Waals surface area (Å²) < 4.78 is 0. The normalized spacial score (nSPS) is 11.6. The predicted molar refractivity (Wildman–Crippen MR) is 36.6 cm³/mol. The fourth-order valence-corrected chi connectivity index (χ4v) is 0.631. The zero-order chi connectivity index (χ0) is 7.49. The van der Waals surface area contributed by atoms with Crippen LogP contribution in [-0.4, -0.2) is 23.4 Å². The molecule has 0 aromatic heterocycles. The van der Waals surface area contributed by atoms with Crippen LogP contribution in [0.5, 0.6) is 0 Å². The molecule has 0 atom stereocenters. The highest BCUT2D eigenvalue weighted by molar-refractivity contribution is 6.28. The van der Waals surface area contributed by atoms with Gasteiger partial charge in [0.2, 0.25) is 0 Å². The van der Waals surface area contributed by atoms with Gasteiger partial charge in [0.15, 0.2) is 5.78 Å². The molecule has 0 aliphatic rings. The molecule has 0 aromatic rings. The van der Waals surface area contributed by atoms with Crippen LogP contribution < -0.4 is 0 Å². The molecule has 0 saturated carbocycles. The van der Waals surface area contributed by atoms with Crippen molar-refractivity contribution in [3.63, 3.8) is 0 Å². The largest absolute Gasteiger partial charge is 0.395 e. The number of rotatable bonds is 3. The summed E-state index contributed by atoms with van der Waals surface area (Å²) >= 11 is 5.25. The monoisotopic (exact) mass is 150 g/mol. The van der Waals surface area contributed by atoms with Crippen molar-refractivity contribution in [3.05, 3.63) is 0 Å². The van der Waals surface area contributed by atoms with Crippen LogP contribution in [0.15, 0.2) is 0 Å². The lowest BCUT2D eigenvalue weighted by molar-refractivity contribution is -0.126. The Morgan fingerprint density at radius 1 is 1.67 bits per heavy atom. The molecule has 0 aromatic carbocycles. The maximum Gasteiger partial charge on any atom is 0.155 e. The third-order valence-electron chi connectivity index (χ3n) is 1.27. The minimum Gasteiger partial charge on any atom is -0.395 e. The van der Waals surface area contributed by atoms with E-state index in [0.717, 1.165) is 0 Å². The summed E-state index contributed by atoms with van der Waals surface area (Å²) in [5.74, 6) is -0.139. The van der Waals surface area contributed by atoms with Gasteiger partial charge in [0.1, 0.15) is 0 Å². The summed E-state index contributed by atoms with van der Waals surface area (Å²) in [6, 6.07) is 0. The van der Waals surface area contributed by atoms with Gasteiger partial charge in [-0.3, -0.25) is 4.79 Å². The molecule has 0 aliphatic heterocycles. The first-order valence-electron chi connectivity index (χ1n) is 2.74. The number of aliphatic hydroxyl groups is 1. The molecule has 0 rings (SSSR count). The second kappa shape index (κ2) is 3.18. The predicted octanol–water partition coefficient (Wildman–Crippen LogP) is 0.813. The molecule has 0 radical (unpaired) electrons. The molecule has 2 nitrogen and oxygen atoms in total. The summed E-state index contributed by atoms with van der Waals surface area (Å²) in [4.78, 5) is 10.8. The van der Waals surface area contributed by atoms with Gasteiger partial charge in [0.05, 0.1) is 12.5 Å². The van der Waals surface area contributed by atoms with E-state index in [1.54, 1.807) is 13.8 Å². The number of aliphatic hydroxyl groups excluding tert-OH is 1. The standard InChI is InChI=1S/C6H11ClO2/c1-6(2,4-8)5(9)3-7/h8H,3-4H2,1-2H3. The molecular formula is C6H11ClO2. The van der Waals surface area contributed by atoms with Crippen molar-refractivity contribution >= 4 is 17.4 Å². The number of hydrogen-bond acceptors (Lipinski definition) is 2. The number of alkyl halides is 1. The number of halogens is 1. The quantitative estimate of drug-likeness (QED) is 0.605. The van der Waals surface area contributed by atoms with Crippen molar-refractivity contribution in [2.45, 2.75) is 13.8 Å². The molecule has 0 bridgehead atoms. The number of carbonyl (C=O) groups is 1. The third-order valence-corrected chi connectivity index (χ3v) is 1.51. The Balaban J connectivity index is 3.97. The number of Topliss-reactive ketones (excluding diaryl/α,β-unsaturated/α-hetero) is 1. The van der Waals surface area contributed by atoms with Crippen molar-refractivity contribution in [1.82, 2.24) is 0 Å².